The number of urea groups is 1. The maximum atomic E-state index is 12.7. The zero-order valence-corrected chi connectivity index (χ0v) is 15.9. The molecular formula is C18H21N5O2S. The number of hydrogen-bond acceptors (Lipinski definition) is 4. The zero-order valence-electron chi connectivity index (χ0n) is 15.1. The Morgan fingerprint density at radius 3 is 2.42 bits per heavy atom. The molecule has 2 heterocycles. The second-order valence-corrected chi connectivity index (χ2v) is 7.32. The van der Waals surface area contributed by atoms with E-state index in [4.69, 9.17) is 0 Å². The standard InChI is InChI=1S/C18H21N5O2S/c1-10(2)19-18(25)21-14-8-6-5-7-13(14)20-16(24)15-9-12-11(3)22-23(4)17(12)26-15/h5-10H,1-4H3,(H,20,24)(H2,19,21,25). The first-order valence-electron chi connectivity index (χ1n) is 8.26. The Morgan fingerprint density at radius 2 is 1.81 bits per heavy atom. The molecule has 1 aromatic carbocycles. The normalized spacial score (nSPS) is 11.0. The molecule has 0 spiro atoms. The van der Waals surface area contributed by atoms with Gasteiger partial charge in [0, 0.05) is 18.5 Å². The van der Waals surface area contributed by atoms with Crippen LogP contribution in [0, 0.1) is 6.92 Å². The molecule has 0 atom stereocenters. The molecule has 136 valence electrons. The molecule has 0 aliphatic carbocycles. The average Bonchev–Trinajstić information content (AvgIpc) is 3.11. The molecule has 0 bridgehead atoms. The van der Waals surface area contributed by atoms with E-state index in [0.29, 0.717) is 16.3 Å². The SMILES string of the molecule is Cc1nn(C)c2sc(C(=O)Nc3ccccc3NC(=O)NC(C)C)cc12. The molecule has 7 nitrogen and oxygen atoms in total. The Labute approximate surface area is 155 Å². The number of amides is 3. The average molecular weight is 371 g/mol. The molecule has 0 fully saturated rings. The molecule has 0 radical (unpaired) electrons. The summed E-state index contributed by atoms with van der Waals surface area (Å²) in [6, 6.07) is 8.66. The van der Waals surface area contributed by atoms with Gasteiger partial charge in [0.05, 0.1) is 21.9 Å². The smallest absolute Gasteiger partial charge is 0.319 e. The second-order valence-electron chi connectivity index (χ2n) is 6.29. The predicted octanol–water partition coefficient (Wildman–Crippen LogP) is 3.73. The summed E-state index contributed by atoms with van der Waals surface area (Å²) in [6.07, 6.45) is 0. The van der Waals surface area contributed by atoms with Crippen LogP contribution >= 0.6 is 11.3 Å². The summed E-state index contributed by atoms with van der Waals surface area (Å²) in [5, 5.41) is 13.7. The zero-order chi connectivity index (χ0) is 18.8. The number of carbonyl (C=O) groups excluding carboxylic acids is 2. The number of para-hydroxylation sites is 2. The predicted molar refractivity (Wildman–Crippen MR) is 105 cm³/mol. The van der Waals surface area contributed by atoms with Crippen LogP contribution in [0.25, 0.3) is 10.2 Å². The van der Waals surface area contributed by atoms with Crippen molar-refractivity contribution in [2.45, 2.75) is 26.8 Å². The minimum absolute atomic E-state index is 0.0205. The summed E-state index contributed by atoms with van der Waals surface area (Å²) in [5.74, 6) is -0.218. The van der Waals surface area contributed by atoms with Crippen LogP contribution in [0.1, 0.15) is 29.2 Å². The van der Waals surface area contributed by atoms with Crippen LogP contribution in [-0.2, 0) is 7.05 Å². The highest BCUT2D eigenvalue weighted by Gasteiger charge is 2.16. The Morgan fingerprint density at radius 1 is 1.15 bits per heavy atom. The van der Waals surface area contributed by atoms with Crippen molar-refractivity contribution >= 4 is 44.9 Å². The van der Waals surface area contributed by atoms with Crippen LogP contribution in [-0.4, -0.2) is 27.8 Å². The molecule has 0 saturated carbocycles. The van der Waals surface area contributed by atoms with Gasteiger partial charge in [-0.2, -0.15) is 5.10 Å². The molecule has 3 amide bonds. The molecule has 8 heteroatoms. The number of aromatic nitrogens is 2. The highest BCUT2D eigenvalue weighted by atomic mass is 32.1. The van der Waals surface area contributed by atoms with Crippen LogP contribution in [0.2, 0.25) is 0 Å². The molecule has 2 aromatic heterocycles. The third-order valence-corrected chi connectivity index (χ3v) is 4.96. The first-order chi connectivity index (χ1) is 12.3. The lowest BCUT2D eigenvalue weighted by Gasteiger charge is -2.14. The van der Waals surface area contributed by atoms with E-state index in [-0.39, 0.29) is 18.0 Å². The van der Waals surface area contributed by atoms with Gasteiger partial charge in [-0.25, -0.2) is 4.79 Å². The van der Waals surface area contributed by atoms with Crippen molar-refractivity contribution < 1.29 is 9.59 Å². The summed E-state index contributed by atoms with van der Waals surface area (Å²) in [5.41, 5.74) is 1.98. The topological polar surface area (TPSA) is 88.1 Å². The first kappa shape index (κ1) is 17.9. The summed E-state index contributed by atoms with van der Waals surface area (Å²) < 4.78 is 1.78. The first-order valence-corrected chi connectivity index (χ1v) is 9.08. The molecular weight excluding hydrogens is 350 g/mol. The number of benzene rings is 1. The van der Waals surface area contributed by atoms with Gasteiger partial charge in [-0.1, -0.05) is 12.1 Å². The number of carbonyl (C=O) groups is 2. The van der Waals surface area contributed by atoms with Crippen molar-refractivity contribution in [3.63, 3.8) is 0 Å². The van der Waals surface area contributed by atoms with E-state index in [1.807, 2.05) is 33.9 Å². The second kappa shape index (κ2) is 7.17. The number of anilines is 2. The van der Waals surface area contributed by atoms with Crippen LogP contribution in [0.5, 0.6) is 0 Å². The lowest BCUT2D eigenvalue weighted by Crippen LogP contribution is -2.34. The minimum Gasteiger partial charge on any atom is -0.336 e. The fourth-order valence-corrected chi connectivity index (χ4v) is 3.64. The quantitative estimate of drug-likeness (QED) is 0.653. The Bertz CT molecular complexity index is 939. The molecule has 0 saturated heterocycles. The van der Waals surface area contributed by atoms with Gasteiger partial charge in [0.15, 0.2) is 0 Å². The number of nitrogens with zero attached hydrogens (tertiary/aromatic N) is 2. The molecule has 3 aromatic rings. The maximum Gasteiger partial charge on any atom is 0.319 e. The third-order valence-electron chi connectivity index (χ3n) is 3.76. The van der Waals surface area contributed by atoms with Gasteiger partial charge in [0.2, 0.25) is 0 Å². The van der Waals surface area contributed by atoms with Crippen molar-refractivity contribution in [2.75, 3.05) is 10.6 Å². The van der Waals surface area contributed by atoms with E-state index in [1.165, 1.54) is 11.3 Å². The van der Waals surface area contributed by atoms with Crippen molar-refractivity contribution in [1.29, 1.82) is 0 Å². The number of rotatable bonds is 4. The van der Waals surface area contributed by atoms with E-state index in [2.05, 4.69) is 21.0 Å². The number of thiophene rings is 1. The Balaban J connectivity index is 1.80. The molecule has 0 unspecified atom stereocenters. The van der Waals surface area contributed by atoms with Gasteiger partial charge in [-0.15, -0.1) is 11.3 Å². The molecule has 3 rings (SSSR count). The molecule has 0 aliphatic rings. The van der Waals surface area contributed by atoms with Crippen molar-refractivity contribution in [1.82, 2.24) is 15.1 Å². The monoisotopic (exact) mass is 371 g/mol. The van der Waals surface area contributed by atoms with Gasteiger partial charge < -0.3 is 16.0 Å². The highest BCUT2D eigenvalue weighted by Crippen LogP contribution is 2.29. The van der Waals surface area contributed by atoms with Crippen molar-refractivity contribution in [3.8, 4) is 0 Å². The minimum atomic E-state index is -0.315. The van der Waals surface area contributed by atoms with Gasteiger partial charge in [-0.05, 0) is 39.0 Å². The van der Waals surface area contributed by atoms with E-state index in [1.54, 1.807) is 28.9 Å². The van der Waals surface area contributed by atoms with E-state index < -0.39 is 0 Å². The number of fused-ring (bicyclic) bond motifs is 1. The van der Waals surface area contributed by atoms with Gasteiger partial charge in [-0.3, -0.25) is 9.48 Å². The van der Waals surface area contributed by atoms with Crippen molar-refractivity contribution in [2.24, 2.45) is 7.05 Å². The lowest BCUT2D eigenvalue weighted by atomic mass is 10.2. The molecule has 3 N–H and O–H groups in total. The summed E-state index contributed by atoms with van der Waals surface area (Å²) in [4.78, 5) is 26.2. The van der Waals surface area contributed by atoms with Crippen LogP contribution in [0.15, 0.2) is 30.3 Å². The van der Waals surface area contributed by atoms with E-state index >= 15 is 0 Å². The van der Waals surface area contributed by atoms with Crippen LogP contribution < -0.4 is 16.0 Å². The number of hydrogen-bond donors (Lipinski definition) is 3. The fourth-order valence-electron chi connectivity index (χ4n) is 2.62. The third kappa shape index (κ3) is 3.70. The summed E-state index contributed by atoms with van der Waals surface area (Å²) >= 11 is 1.39. The van der Waals surface area contributed by atoms with E-state index in [0.717, 1.165) is 15.9 Å². The Hall–Kier alpha value is -2.87. The van der Waals surface area contributed by atoms with Gasteiger partial charge in [0.25, 0.3) is 5.91 Å². The molecule has 26 heavy (non-hydrogen) atoms. The van der Waals surface area contributed by atoms with Crippen LogP contribution in [0.4, 0.5) is 16.2 Å². The molecule has 0 aliphatic heterocycles. The summed E-state index contributed by atoms with van der Waals surface area (Å²) in [7, 11) is 1.86. The highest BCUT2D eigenvalue weighted by molar-refractivity contribution is 7.20. The van der Waals surface area contributed by atoms with E-state index in [9.17, 15) is 9.59 Å². The van der Waals surface area contributed by atoms with Crippen molar-refractivity contribution in [3.05, 3.63) is 40.9 Å². The maximum absolute atomic E-state index is 12.7. The fraction of sp³-hybridized carbons (Fsp3) is 0.278. The number of aryl methyl sites for hydroxylation is 2. The number of nitrogens with one attached hydrogen (secondary N) is 3. The van der Waals surface area contributed by atoms with Gasteiger partial charge in [0.1, 0.15) is 4.83 Å². The summed E-state index contributed by atoms with van der Waals surface area (Å²) in [6.45, 7) is 5.68. The van der Waals surface area contributed by atoms with Gasteiger partial charge >= 0.3 is 6.03 Å². The Kier molecular flexibility index (Phi) is 4.94. The largest absolute Gasteiger partial charge is 0.336 e. The lowest BCUT2D eigenvalue weighted by molar-refractivity contribution is 0.103. The van der Waals surface area contributed by atoms with Crippen LogP contribution in [0.3, 0.4) is 0 Å².